The molecule has 1 aliphatic heterocycles. The highest BCUT2D eigenvalue weighted by atomic mass is 16.2. The van der Waals surface area contributed by atoms with Gasteiger partial charge in [-0.15, -0.1) is 0 Å². The van der Waals surface area contributed by atoms with Crippen molar-refractivity contribution in [1.29, 1.82) is 0 Å². The van der Waals surface area contributed by atoms with Gasteiger partial charge in [-0.3, -0.25) is 19.3 Å². The van der Waals surface area contributed by atoms with E-state index in [0.29, 0.717) is 28.3 Å². The Morgan fingerprint density at radius 1 is 0.886 bits per heavy atom. The Morgan fingerprint density at radius 2 is 1.57 bits per heavy atom. The van der Waals surface area contributed by atoms with Gasteiger partial charge in [0.05, 0.1) is 11.4 Å². The fraction of sp³-hybridized carbons (Fsp3) is 0.138. The molecule has 0 fully saturated rings. The van der Waals surface area contributed by atoms with Crippen molar-refractivity contribution >= 4 is 51.2 Å². The normalized spacial score (nSPS) is 13.3. The predicted octanol–water partition coefficient (Wildman–Crippen LogP) is 6.02. The van der Waals surface area contributed by atoms with Crippen LogP contribution in [-0.2, 0) is 9.59 Å². The lowest BCUT2D eigenvalue weighted by atomic mass is 9.99. The van der Waals surface area contributed by atoms with E-state index in [1.54, 1.807) is 29.2 Å². The van der Waals surface area contributed by atoms with E-state index in [-0.39, 0.29) is 24.1 Å². The average Bonchev–Trinajstić information content (AvgIpc) is 2.93. The summed E-state index contributed by atoms with van der Waals surface area (Å²) in [6.07, 6.45) is -0.256. The van der Waals surface area contributed by atoms with Crippen LogP contribution >= 0.6 is 0 Å². The monoisotopic (exact) mass is 463 g/mol. The molecule has 4 aromatic carbocycles. The third-order valence-corrected chi connectivity index (χ3v) is 6.26. The van der Waals surface area contributed by atoms with E-state index in [1.165, 1.54) is 0 Å². The predicted molar refractivity (Wildman–Crippen MR) is 139 cm³/mol. The van der Waals surface area contributed by atoms with E-state index in [1.807, 2.05) is 69.3 Å². The van der Waals surface area contributed by atoms with Crippen LogP contribution in [0.15, 0.2) is 72.8 Å². The largest absolute Gasteiger partial charge is 0.323 e. The zero-order valence-corrected chi connectivity index (χ0v) is 19.8. The Labute approximate surface area is 203 Å². The van der Waals surface area contributed by atoms with Crippen molar-refractivity contribution in [3.05, 3.63) is 95.1 Å². The van der Waals surface area contributed by atoms with E-state index in [2.05, 4.69) is 10.6 Å². The van der Waals surface area contributed by atoms with Crippen LogP contribution in [0.4, 0.5) is 22.7 Å². The summed E-state index contributed by atoms with van der Waals surface area (Å²) in [6.45, 7) is 5.87. The second-order valence-corrected chi connectivity index (χ2v) is 8.91. The molecule has 0 aliphatic carbocycles. The van der Waals surface area contributed by atoms with Gasteiger partial charge in [0.15, 0.2) is 0 Å². The Morgan fingerprint density at radius 3 is 2.29 bits per heavy atom. The average molecular weight is 464 g/mol. The van der Waals surface area contributed by atoms with Crippen molar-refractivity contribution < 1.29 is 14.4 Å². The molecular formula is C29H25N3O3. The van der Waals surface area contributed by atoms with Crippen LogP contribution in [0, 0.1) is 20.8 Å². The molecule has 3 amide bonds. The minimum absolute atomic E-state index is 0.176. The minimum Gasteiger partial charge on any atom is -0.323 e. The molecule has 1 heterocycles. The Hall–Kier alpha value is -4.45. The zero-order chi connectivity index (χ0) is 24.7. The summed E-state index contributed by atoms with van der Waals surface area (Å²) in [6, 6.07) is 22.6. The first-order valence-corrected chi connectivity index (χ1v) is 11.5. The van der Waals surface area contributed by atoms with Gasteiger partial charge in [0.25, 0.3) is 5.91 Å². The fourth-order valence-electron chi connectivity index (χ4n) is 4.82. The molecule has 6 heteroatoms. The van der Waals surface area contributed by atoms with Gasteiger partial charge in [0, 0.05) is 22.3 Å². The van der Waals surface area contributed by atoms with Crippen molar-refractivity contribution in [3.8, 4) is 0 Å². The number of anilines is 4. The highest BCUT2D eigenvalue weighted by Gasteiger charge is 2.28. The third kappa shape index (κ3) is 4.15. The standard InChI is InChI=1S/C29H25N3O3/c1-17-14-18(2)27(19(3)15-17)29(35)30-21-9-11-22(12-10-21)32-24-13-8-20-6-4-5-7-23(20)28(24)31-25(33)16-26(32)34/h4-15H,16H2,1-3H3,(H,30,35)(H,31,33). The zero-order valence-electron chi connectivity index (χ0n) is 19.8. The molecule has 4 aromatic rings. The summed E-state index contributed by atoms with van der Waals surface area (Å²) >= 11 is 0. The molecule has 0 atom stereocenters. The van der Waals surface area contributed by atoms with Crippen LogP contribution in [0.25, 0.3) is 10.8 Å². The SMILES string of the molecule is Cc1cc(C)c(C(=O)Nc2ccc(N3C(=O)CC(=O)Nc4c3ccc3ccccc43)cc2)c(C)c1. The highest BCUT2D eigenvalue weighted by molar-refractivity contribution is 6.21. The number of aryl methyl sites for hydroxylation is 3. The Bertz CT molecular complexity index is 1480. The number of hydrogen-bond donors (Lipinski definition) is 2. The number of amides is 3. The van der Waals surface area contributed by atoms with E-state index in [0.717, 1.165) is 27.5 Å². The number of nitrogens with one attached hydrogen (secondary N) is 2. The van der Waals surface area contributed by atoms with Crippen molar-refractivity contribution in [2.45, 2.75) is 27.2 Å². The topological polar surface area (TPSA) is 78.5 Å². The molecule has 1 aliphatic rings. The van der Waals surface area contributed by atoms with Gasteiger partial charge in [-0.1, -0.05) is 48.0 Å². The van der Waals surface area contributed by atoms with Crippen LogP contribution in [0.5, 0.6) is 0 Å². The van der Waals surface area contributed by atoms with Crippen LogP contribution in [0.3, 0.4) is 0 Å². The number of carbonyl (C=O) groups is 3. The fourth-order valence-corrected chi connectivity index (χ4v) is 4.82. The van der Waals surface area contributed by atoms with Gasteiger partial charge in [0.1, 0.15) is 6.42 Å². The molecule has 0 bridgehead atoms. The smallest absolute Gasteiger partial charge is 0.256 e. The number of hydrogen-bond acceptors (Lipinski definition) is 3. The first-order valence-electron chi connectivity index (χ1n) is 11.5. The van der Waals surface area contributed by atoms with Gasteiger partial charge in [-0.05, 0) is 67.6 Å². The first kappa shape index (κ1) is 22.3. The summed E-state index contributed by atoms with van der Waals surface area (Å²) < 4.78 is 0. The maximum atomic E-state index is 13.1. The quantitative estimate of drug-likeness (QED) is 0.365. The summed E-state index contributed by atoms with van der Waals surface area (Å²) in [4.78, 5) is 40.0. The lowest BCUT2D eigenvalue weighted by Gasteiger charge is -2.23. The van der Waals surface area contributed by atoms with E-state index in [4.69, 9.17) is 0 Å². The molecule has 0 spiro atoms. The van der Waals surface area contributed by atoms with Crippen LogP contribution < -0.4 is 15.5 Å². The van der Waals surface area contributed by atoms with E-state index >= 15 is 0 Å². The third-order valence-electron chi connectivity index (χ3n) is 6.26. The Kier molecular flexibility index (Phi) is 5.57. The number of carbonyl (C=O) groups excluding carboxylic acids is 3. The number of nitrogens with zero attached hydrogens (tertiary/aromatic N) is 1. The number of benzene rings is 4. The minimum atomic E-state index is -0.345. The summed E-state index contributed by atoms with van der Waals surface area (Å²) in [5.74, 6) is -0.841. The molecule has 6 nitrogen and oxygen atoms in total. The van der Waals surface area contributed by atoms with Crippen molar-refractivity contribution in [2.75, 3.05) is 15.5 Å². The van der Waals surface area contributed by atoms with Gasteiger partial charge in [0.2, 0.25) is 11.8 Å². The second kappa shape index (κ2) is 8.72. The molecule has 0 saturated carbocycles. The maximum Gasteiger partial charge on any atom is 0.256 e. The molecule has 0 radical (unpaired) electrons. The maximum absolute atomic E-state index is 13.1. The van der Waals surface area contributed by atoms with Crippen LogP contribution in [0.2, 0.25) is 0 Å². The lowest BCUT2D eigenvalue weighted by molar-refractivity contribution is -0.124. The van der Waals surface area contributed by atoms with Gasteiger partial charge in [-0.25, -0.2) is 0 Å². The second-order valence-electron chi connectivity index (χ2n) is 8.91. The molecule has 0 saturated heterocycles. The molecule has 35 heavy (non-hydrogen) atoms. The lowest BCUT2D eigenvalue weighted by Crippen LogP contribution is -2.26. The summed E-state index contributed by atoms with van der Waals surface area (Å²) in [5.41, 5.74) is 6.08. The number of rotatable bonds is 3. The van der Waals surface area contributed by atoms with Crippen molar-refractivity contribution in [1.82, 2.24) is 0 Å². The van der Waals surface area contributed by atoms with Gasteiger partial charge >= 0.3 is 0 Å². The molecule has 0 unspecified atom stereocenters. The molecule has 0 aromatic heterocycles. The molecular weight excluding hydrogens is 438 g/mol. The van der Waals surface area contributed by atoms with Crippen LogP contribution in [-0.4, -0.2) is 17.7 Å². The van der Waals surface area contributed by atoms with E-state index in [9.17, 15) is 14.4 Å². The first-order chi connectivity index (χ1) is 16.8. The summed E-state index contributed by atoms with van der Waals surface area (Å²) in [5, 5.41) is 7.70. The van der Waals surface area contributed by atoms with Crippen molar-refractivity contribution in [3.63, 3.8) is 0 Å². The number of fused-ring (bicyclic) bond motifs is 3. The van der Waals surface area contributed by atoms with Crippen LogP contribution in [0.1, 0.15) is 33.5 Å². The van der Waals surface area contributed by atoms with E-state index < -0.39 is 0 Å². The van der Waals surface area contributed by atoms with Crippen molar-refractivity contribution in [2.24, 2.45) is 0 Å². The summed E-state index contributed by atoms with van der Waals surface area (Å²) in [7, 11) is 0. The molecule has 5 rings (SSSR count). The molecule has 174 valence electrons. The van der Waals surface area contributed by atoms with Gasteiger partial charge in [-0.2, -0.15) is 0 Å². The van der Waals surface area contributed by atoms with Gasteiger partial charge < -0.3 is 10.6 Å². The highest BCUT2D eigenvalue weighted by Crippen LogP contribution is 2.40. The molecule has 2 N–H and O–H groups in total. The Balaban J connectivity index is 1.48.